The van der Waals surface area contributed by atoms with Gasteiger partial charge in [0.2, 0.25) is 6.29 Å². The second kappa shape index (κ2) is 9.86. The van der Waals surface area contributed by atoms with Crippen LogP contribution in [0.5, 0.6) is 17.2 Å². The van der Waals surface area contributed by atoms with Crippen LogP contribution in [-0.4, -0.2) is 60.2 Å². The van der Waals surface area contributed by atoms with Crippen LogP contribution in [-0.2, 0) is 4.74 Å². The number of benzene rings is 2. The van der Waals surface area contributed by atoms with Crippen molar-refractivity contribution in [3.05, 3.63) is 53.1 Å². The van der Waals surface area contributed by atoms with Gasteiger partial charge in [-0.1, -0.05) is 30.2 Å². The van der Waals surface area contributed by atoms with Crippen molar-refractivity contribution in [2.24, 2.45) is 0 Å². The van der Waals surface area contributed by atoms with Crippen molar-refractivity contribution < 1.29 is 34.3 Å². The maximum Gasteiger partial charge on any atom is 0.229 e. The van der Waals surface area contributed by atoms with Crippen LogP contribution >= 0.6 is 0 Å². The third-order valence-corrected chi connectivity index (χ3v) is 5.06. The molecule has 1 aliphatic rings. The van der Waals surface area contributed by atoms with E-state index in [9.17, 15) is 15.3 Å². The van der Waals surface area contributed by atoms with E-state index < -0.39 is 30.7 Å². The molecule has 2 aromatic rings. The summed E-state index contributed by atoms with van der Waals surface area (Å²) in [5.41, 5.74) is 2.22. The van der Waals surface area contributed by atoms with Gasteiger partial charge in [0, 0.05) is 17.2 Å². The molecule has 0 aromatic heterocycles. The van der Waals surface area contributed by atoms with Gasteiger partial charge < -0.3 is 34.3 Å². The molecular weight excluding hydrogens is 400 g/mol. The first-order chi connectivity index (χ1) is 14.9. The normalized spacial score (nSPS) is 25.8. The molecule has 7 nitrogen and oxygen atoms in total. The summed E-state index contributed by atoms with van der Waals surface area (Å²) in [6.07, 6.45) is 3.06. The minimum atomic E-state index is -1.46. The summed E-state index contributed by atoms with van der Waals surface area (Å²) in [5, 5.41) is 30.4. The van der Waals surface area contributed by atoms with Gasteiger partial charge in [0.05, 0.1) is 20.3 Å². The summed E-state index contributed by atoms with van der Waals surface area (Å²) >= 11 is 0. The zero-order valence-electron chi connectivity index (χ0n) is 17.6. The molecule has 1 heterocycles. The third kappa shape index (κ3) is 5.01. The number of methoxy groups -OCH3 is 2. The predicted octanol–water partition coefficient (Wildman–Crippen LogP) is 2.06. The molecular formula is C24H26O7. The van der Waals surface area contributed by atoms with Crippen molar-refractivity contribution in [2.45, 2.75) is 37.6 Å². The van der Waals surface area contributed by atoms with E-state index in [0.29, 0.717) is 17.1 Å². The lowest BCUT2D eigenvalue weighted by molar-refractivity contribution is -0.268. The lowest BCUT2D eigenvalue weighted by atomic mass is 10.00. The largest absolute Gasteiger partial charge is 0.497 e. The molecule has 0 radical (unpaired) electrons. The smallest absolute Gasteiger partial charge is 0.229 e. The molecule has 164 valence electrons. The molecule has 3 unspecified atom stereocenters. The van der Waals surface area contributed by atoms with Gasteiger partial charge in [-0.3, -0.25) is 0 Å². The fraction of sp³-hybridized carbons (Fsp3) is 0.333. The van der Waals surface area contributed by atoms with Crippen LogP contribution in [0, 0.1) is 12.3 Å². The zero-order chi connectivity index (χ0) is 22.5. The predicted molar refractivity (Wildman–Crippen MR) is 116 cm³/mol. The number of hydrogen-bond acceptors (Lipinski definition) is 7. The van der Waals surface area contributed by atoms with E-state index >= 15 is 0 Å². The van der Waals surface area contributed by atoms with E-state index in [4.69, 9.17) is 25.4 Å². The summed E-state index contributed by atoms with van der Waals surface area (Å²) in [6.45, 7) is 1.58. The number of terminal acetylenes is 1. The van der Waals surface area contributed by atoms with E-state index in [2.05, 4.69) is 5.92 Å². The number of ether oxygens (including phenoxy) is 4. The lowest BCUT2D eigenvalue weighted by Gasteiger charge is -2.39. The average Bonchev–Trinajstić information content (AvgIpc) is 2.80. The minimum absolute atomic E-state index is 0.285. The molecule has 31 heavy (non-hydrogen) atoms. The highest BCUT2D eigenvalue weighted by atomic mass is 16.7. The van der Waals surface area contributed by atoms with Gasteiger partial charge in [-0.2, -0.15) is 0 Å². The molecule has 1 saturated heterocycles. The molecule has 3 N–H and O–H groups in total. The van der Waals surface area contributed by atoms with Gasteiger partial charge >= 0.3 is 0 Å². The number of aliphatic hydroxyl groups excluding tert-OH is 3. The van der Waals surface area contributed by atoms with Crippen LogP contribution in [0.2, 0.25) is 0 Å². The van der Waals surface area contributed by atoms with E-state index in [1.165, 1.54) is 14.2 Å². The summed E-state index contributed by atoms with van der Waals surface area (Å²) in [6, 6.07) is 10.8. The molecule has 1 fully saturated rings. The SMILES string of the molecule is C#Cc1cccc(/C=C/c2cc(OC)cc(OC)c2OC2OC(C)[C@@H](O)C(O)[C@H]2O)c1. The number of hydrogen-bond donors (Lipinski definition) is 3. The number of aliphatic hydroxyl groups is 3. The van der Waals surface area contributed by atoms with Crippen LogP contribution in [0.4, 0.5) is 0 Å². The minimum Gasteiger partial charge on any atom is -0.497 e. The maximum absolute atomic E-state index is 10.3. The Bertz CT molecular complexity index is 978. The molecule has 1 aliphatic heterocycles. The summed E-state index contributed by atoms with van der Waals surface area (Å²) in [7, 11) is 3.01. The Morgan fingerprint density at radius 1 is 1.00 bits per heavy atom. The fourth-order valence-corrected chi connectivity index (χ4v) is 3.26. The second-order valence-electron chi connectivity index (χ2n) is 7.15. The van der Waals surface area contributed by atoms with Gasteiger partial charge in [-0.25, -0.2) is 0 Å². The van der Waals surface area contributed by atoms with Crippen molar-refractivity contribution in [1.82, 2.24) is 0 Å². The Morgan fingerprint density at radius 3 is 2.45 bits per heavy atom. The van der Waals surface area contributed by atoms with Crippen LogP contribution < -0.4 is 14.2 Å². The molecule has 7 heteroatoms. The average molecular weight is 426 g/mol. The summed E-state index contributed by atoms with van der Waals surface area (Å²) < 4.78 is 22.3. The lowest BCUT2D eigenvalue weighted by Crippen LogP contribution is -2.58. The first kappa shape index (κ1) is 22.7. The van der Waals surface area contributed by atoms with Gasteiger partial charge in [0.15, 0.2) is 11.5 Å². The Kier molecular flexibility index (Phi) is 7.21. The van der Waals surface area contributed by atoms with Gasteiger partial charge in [-0.05, 0) is 30.7 Å². The van der Waals surface area contributed by atoms with Crippen molar-refractivity contribution in [3.63, 3.8) is 0 Å². The van der Waals surface area contributed by atoms with Crippen LogP contribution in [0.3, 0.4) is 0 Å². The van der Waals surface area contributed by atoms with E-state index in [-0.39, 0.29) is 5.75 Å². The molecule has 0 bridgehead atoms. The second-order valence-corrected chi connectivity index (χ2v) is 7.15. The summed E-state index contributed by atoms with van der Waals surface area (Å²) in [4.78, 5) is 0. The highest BCUT2D eigenvalue weighted by Gasteiger charge is 2.43. The van der Waals surface area contributed by atoms with Gasteiger partial charge in [-0.15, -0.1) is 6.42 Å². The molecule has 5 atom stereocenters. The molecule has 0 amide bonds. The first-order valence-electron chi connectivity index (χ1n) is 9.75. The monoisotopic (exact) mass is 426 g/mol. The maximum atomic E-state index is 10.3. The van der Waals surface area contributed by atoms with Gasteiger partial charge in [0.1, 0.15) is 24.1 Å². The van der Waals surface area contributed by atoms with Crippen LogP contribution in [0.25, 0.3) is 12.2 Å². The van der Waals surface area contributed by atoms with Crippen molar-refractivity contribution in [2.75, 3.05) is 14.2 Å². The Morgan fingerprint density at radius 2 is 1.77 bits per heavy atom. The molecule has 2 aromatic carbocycles. The van der Waals surface area contributed by atoms with Crippen molar-refractivity contribution in [1.29, 1.82) is 0 Å². The molecule has 3 rings (SSSR count). The fourth-order valence-electron chi connectivity index (χ4n) is 3.26. The number of rotatable bonds is 6. The topological polar surface area (TPSA) is 97.6 Å². The van der Waals surface area contributed by atoms with Crippen LogP contribution in [0.1, 0.15) is 23.6 Å². The first-order valence-corrected chi connectivity index (χ1v) is 9.75. The molecule has 0 aliphatic carbocycles. The van der Waals surface area contributed by atoms with Crippen LogP contribution in [0.15, 0.2) is 36.4 Å². The van der Waals surface area contributed by atoms with Gasteiger partial charge in [0.25, 0.3) is 0 Å². The van der Waals surface area contributed by atoms with E-state index in [1.807, 2.05) is 30.3 Å². The van der Waals surface area contributed by atoms with Crippen molar-refractivity contribution in [3.8, 4) is 29.6 Å². The molecule has 0 saturated carbocycles. The Hall–Kier alpha value is -3.02. The zero-order valence-corrected chi connectivity index (χ0v) is 17.6. The quantitative estimate of drug-likeness (QED) is 0.481. The standard InChI is InChI=1S/C24H26O7/c1-5-15-7-6-8-16(11-15)9-10-17-12-18(28-3)13-19(29-4)23(17)31-24-22(27)21(26)20(25)14(2)30-24/h1,6-14,20-22,24-27H,2-4H3/b10-9+/t14?,20-,21?,22-,24?/m1/s1. The summed E-state index contributed by atoms with van der Waals surface area (Å²) in [5.74, 6) is 3.77. The molecule has 0 spiro atoms. The third-order valence-electron chi connectivity index (χ3n) is 5.06. The highest BCUT2D eigenvalue weighted by Crippen LogP contribution is 2.39. The van der Waals surface area contributed by atoms with E-state index in [1.54, 1.807) is 25.1 Å². The van der Waals surface area contributed by atoms with E-state index in [0.717, 1.165) is 11.1 Å². The van der Waals surface area contributed by atoms with Crippen molar-refractivity contribution >= 4 is 12.2 Å². The Labute approximate surface area is 181 Å². The Balaban J connectivity index is 1.98. The highest BCUT2D eigenvalue weighted by molar-refractivity contribution is 5.75.